The highest BCUT2D eigenvalue weighted by Gasteiger charge is 2.34. The van der Waals surface area contributed by atoms with Gasteiger partial charge in [-0.15, -0.1) is 0 Å². The lowest BCUT2D eigenvalue weighted by atomic mass is 9.98. The highest BCUT2D eigenvalue weighted by atomic mass is 35.5. The molecule has 138 valence electrons. The summed E-state index contributed by atoms with van der Waals surface area (Å²) >= 11 is 7.60. The van der Waals surface area contributed by atoms with Crippen LogP contribution in [0.5, 0.6) is 0 Å². The zero-order valence-electron chi connectivity index (χ0n) is 15.1. The van der Waals surface area contributed by atoms with E-state index in [-0.39, 0.29) is 11.3 Å². The van der Waals surface area contributed by atoms with E-state index in [1.54, 1.807) is 0 Å². The molecule has 2 aliphatic heterocycles. The predicted octanol–water partition coefficient (Wildman–Crippen LogP) is 4.82. The van der Waals surface area contributed by atoms with E-state index in [9.17, 15) is 4.79 Å². The topological polar surface area (TPSA) is 48.3 Å². The minimum absolute atomic E-state index is 0.00210. The van der Waals surface area contributed by atoms with Crippen molar-refractivity contribution in [2.75, 3.05) is 24.7 Å². The summed E-state index contributed by atoms with van der Waals surface area (Å²) in [5, 5.41) is 7.22. The molecule has 1 atom stereocenters. The third-order valence-corrected chi connectivity index (χ3v) is 5.77. The summed E-state index contributed by atoms with van der Waals surface area (Å²) < 4.78 is 0. The molecule has 0 bridgehead atoms. The number of hydrazone groups is 1. The van der Waals surface area contributed by atoms with E-state index in [1.807, 2.05) is 43.4 Å². The summed E-state index contributed by atoms with van der Waals surface area (Å²) in [4.78, 5) is 17.9. The molecule has 4 rings (SSSR count). The maximum absolute atomic E-state index is 11.7. The van der Waals surface area contributed by atoms with Crippen molar-refractivity contribution >= 4 is 45.8 Å². The van der Waals surface area contributed by atoms with Crippen molar-refractivity contribution in [3.05, 3.63) is 64.7 Å². The second-order valence-corrected chi connectivity index (χ2v) is 7.99. The molecule has 2 heterocycles. The van der Waals surface area contributed by atoms with Crippen LogP contribution in [0.3, 0.4) is 0 Å². The molecule has 0 saturated heterocycles. The minimum atomic E-state index is -0.159. The molecule has 0 fully saturated rings. The van der Waals surface area contributed by atoms with Gasteiger partial charge in [0, 0.05) is 36.8 Å². The third-order valence-electron chi connectivity index (χ3n) is 4.70. The van der Waals surface area contributed by atoms with E-state index >= 15 is 0 Å². The summed E-state index contributed by atoms with van der Waals surface area (Å²) in [5.74, 6) is 1.25. The van der Waals surface area contributed by atoms with Gasteiger partial charge in [-0.25, -0.2) is 5.01 Å². The van der Waals surface area contributed by atoms with Crippen molar-refractivity contribution in [1.29, 1.82) is 0 Å². The van der Waals surface area contributed by atoms with Crippen LogP contribution in [0.1, 0.15) is 23.6 Å². The van der Waals surface area contributed by atoms with Crippen molar-refractivity contribution in [1.82, 2.24) is 5.01 Å². The molecule has 1 amide bonds. The van der Waals surface area contributed by atoms with Crippen LogP contribution in [0.2, 0.25) is 5.02 Å². The molecule has 0 aromatic heterocycles. The van der Waals surface area contributed by atoms with Crippen LogP contribution in [0.25, 0.3) is 0 Å². The molecule has 27 heavy (non-hydrogen) atoms. The Kier molecular flexibility index (Phi) is 4.93. The number of benzene rings is 2. The number of halogens is 1. The van der Waals surface area contributed by atoms with E-state index < -0.39 is 0 Å². The van der Waals surface area contributed by atoms with E-state index in [1.165, 1.54) is 11.8 Å². The third kappa shape index (κ3) is 3.59. The van der Waals surface area contributed by atoms with Crippen molar-refractivity contribution < 1.29 is 4.79 Å². The molecule has 0 radical (unpaired) electrons. The van der Waals surface area contributed by atoms with E-state index in [0.29, 0.717) is 23.0 Å². The normalized spacial score (nSPS) is 19.3. The predicted molar refractivity (Wildman–Crippen MR) is 113 cm³/mol. The highest BCUT2D eigenvalue weighted by molar-refractivity contribution is 8.14. The van der Waals surface area contributed by atoms with Gasteiger partial charge in [0.2, 0.25) is 0 Å². The number of nitrogens with zero attached hydrogens (tertiary/aromatic N) is 4. The van der Waals surface area contributed by atoms with Crippen LogP contribution in [-0.2, 0) is 0 Å². The van der Waals surface area contributed by atoms with Gasteiger partial charge >= 0.3 is 5.24 Å². The monoisotopic (exact) mass is 398 g/mol. The van der Waals surface area contributed by atoms with Crippen molar-refractivity contribution in [3.8, 4) is 0 Å². The van der Waals surface area contributed by atoms with Gasteiger partial charge in [-0.05, 0) is 23.8 Å². The summed E-state index contributed by atoms with van der Waals surface area (Å²) in [6.45, 7) is 0. The highest BCUT2D eigenvalue weighted by Crippen LogP contribution is 2.36. The molecular formula is C20H19ClN4OS. The first-order valence-electron chi connectivity index (χ1n) is 8.66. The fourth-order valence-electron chi connectivity index (χ4n) is 3.27. The Morgan fingerprint density at radius 2 is 1.89 bits per heavy atom. The number of thioether (sulfide) groups is 1. The van der Waals surface area contributed by atoms with Gasteiger partial charge in [-0.1, -0.05) is 53.7 Å². The van der Waals surface area contributed by atoms with Gasteiger partial charge in [-0.3, -0.25) is 4.79 Å². The fraction of sp³-hybridized carbons (Fsp3) is 0.250. The Morgan fingerprint density at radius 1 is 1.15 bits per heavy atom. The number of anilines is 1. The maximum Gasteiger partial charge on any atom is 0.307 e. The average Bonchev–Trinajstić information content (AvgIpc) is 3.28. The minimum Gasteiger partial charge on any atom is -0.378 e. The van der Waals surface area contributed by atoms with Crippen LogP contribution in [0, 0.1) is 0 Å². The van der Waals surface area contributed by atoms with Crippen molar-refractivity contribution in [2.24, 2.45) is 10.1 Å². The number of hydrogen-bond acceptors (Lipinski definition) is 5. The Hall–Kier alpha value is -2.31. The lowest BCUT2D eigenvalue weighted by Gasteiger charge is -2.23. The number of hydrogen-bond donors (Lipinski definition) is 0. The van der Waals surface area contributed by atoms with E-state index in [2.05, 4.69) is 34.2 Å². The molecule has 0 saturated carbocycles. The largest absolute Gasteiger partial charge is 0.378 e. The Labute approximate surface area is 167 Å². The van der Waals surface area contributed by atoms with Crippen LogP contribution < -0.4 is 4.90 Å². The first-order chi connectivity index (χ1) is 13.0. The van der Waals surface area contributed by atoms with Gasteiger partial charge in [-0.2, -0.15) is 10.1 Å². The molecule has 0 spiro atoms. The Bertz CT molecular complexity index is 939. The zero-order valence-corrected chi connectivity index (χ0v) is 16.7. The number of carbonyl (C=O) groups is 1. The Morgan fingerprint density at radius 3 is 2.52 bits per heavy atom. The SMILES string of the molecule is CN(C)c1ccc(C2CC(c3ccccc3Cl)=NN2C2=NC(=O)SC2)cc1. The van der Waals surface area contributed by atoms with Gasteiger partial charge in [0.1, 0.15) is 5.84 Å². The second-order valence-electron chi connectivity index (χ2n) is 6.66. The zero-order chi connectivity index (χ0) is 19.0. The van der Waals surface area contributed by atoms with Gasteiger partial charge in [0.15, 0.2) is 0 Å². The maximum atomic E-state index is 11.7. The summed E-state index contributed by atoms with van der Waals surface area (Å²) in [6, 6.07) is 16.1. The quantitative estimate of drug-likeness (QED) is 0.743. The molecule has 1 unspecified atom stereocenters. The van der Waals surface area contributed by atoms with Crippen LogP contribution in [-0.4, -0.2) is 41.6 Å². The summed E-state index contributed by atoms with van der Waals surface area (Å²) in [6.07, 6.45) is 0.711. The van der Waals surface area contributed by atoms with Crippen LogP contribution in [0.4, 0.5) is 10.5 Å². The first kappa shape index (κ1) is 18.1. The average molecular weight is 399 g/mol. The van der Waals surface area contributed by atoms with E-state index in [0.717, 1.165) is 22.5 Å². The molecule has 2 aromatic carbocycles. The second kappa shape index (κ2) is 7.37. The number of amides is 1. The summed E-state index contributed by atoms with van der Waals surface area (Å²) in [5.41, 5.74) is 4.11. The number of amidine groups is 1. The molecule has 0 N–H and O–H groups in total. The lowest BCUT2D eigenvalue weighted by Crippen LogP contribution is -2.27. The molecule has 2 aromatic rings. The molecule has 0 aliphatic carbocycles. The number of carbonyl (C=O) groups excluding carboxylic acids is 1. The van der Waals surface area contributed by atoms with Gasteiger partial charge < -0.3 is 4.90 Å². The molecule has 7 heteroatoms. The lowest BCUT2D eigenvalue weighted by molar-refractivity contribution is 0.267. The molecule has 2 aliphatic rings. The summed E-state index contributed by atoms with van der Waals surface area (Å²) in [7, 11) is 4.04. The smallest absolute Gasteiger partial charge is 0.307 e. The van der Waals surface area contributed by atoms with E-state index in [4.69, 9.17) is 16.7 Å². The fourth-order valence-corrected chi connectivity index (χ4v) is 4.14. The molecule has 5 nitrogen and oxygen atoms in total. The van der Waals surface area contributed by atoms with Gasteiger partial charge in [0.05, 0.1) is 17.5 Å². The van der Waals surface area contributed by atoms with Crippen molar-refractivity contribution in [3.63, 3.8) is 0 Å². The first-order valence-corrected chi connectivity index (χ1v) is 10.0. The standard InChI is InChI=1S/C20H19ClN4OS/c1-24(2)14-9-7-13(8-10-14)18-11-17(15-5-3-4-6-16(15)21)23-25(18)19-12-27-20(26)22-19/h3-10,18H,11-12H2,1-2H3. The number of aliphatic imine (C=N–C) groups is 1. The molecular weight excluding hydrogens is 380 g/mol. The van der Waals surface area contributed by atoms with Crippen LogP contribution >= 0.6 is 23.4 Å². The Balaban J connectivity index is 1.71. The van der Waals surface area contributed by atoms with Gasteiger partial charge in [0.25, 0.3) is 0 Å². The van der Waals surface area contributed by atoms with Crippen LogP contribution in [0.15, 0.2) is 58.6 Å². The number of rotatable bonds is 3. The van der Waals surface area contributed by atoms with Crippen molar-refractivity contribution in [2.45, 2.75) is 12.5 Å².